The molecule has 0 atom stereocenters. The van der Waals surface area contributed by atoms with Gasteiger partial charge in [-0.15, -0.1) is 5.10 Å². The van der Waals surface area contributed by atoms with Gasteiger partial charge in [-0.3, -0.25) is 9.69 Å². The minimum absolute atomic E-state index is 0.113. The number of benzene rings is 4. The van der Waals surface area contributed by atoms with Crippen molar-refractivity contribution in [1.29, 1.82) is 0 Å². The van der Waals surface area contributed by atoms with Crippen LogP contribution in [-0.2, 0) is 19.5 Å². The molecule has 6 heteroatoms. The fourth-order valence-electron chi connectivity index (χ4n) is 5.50. The van der Waals surface area contributed by atoms with E-state index in [0.717, 1.165) is 37.2 Å². The number of hydrogen-bond acceptors (Lipinski definition) is 4. The maximum absolute atomic E-state index is 13.1. The van der Waals surface area contributed by atoms with Crippen LogP contribution in [-0.4, -0.2) is 33.0 Å². The number of aromatic nitrogens is 3. The molecular weight excluding hydrogens is 504 g/mol. The Hall–Kier alpha value is -3.80. The van der Waals surface area contributed by atoms with Crippen LogP contribution in [0.2, 0.25) is 5.02 Å². The van der Waals surface area contributed by atoms with Crippen molar-refractivity contribution >= 4 is 22.5 Å². The Morgan fingerprint density at radius 1 is 0.795 bits per heavy atom. The van der Waals surface area contributed by atoms with Crippen LogP contribution in [0.3, 0.4) is 0 Å². The van der Waals surface area contributed by atoms with E-state index in [1.807, 2.05) is 42.5 Å². The lowest BCUT2D eigenvalue weighted by atomic mass is 9.89. The van der Waals surface area contributed by atoms with Gasteiger partial charge >= 0.3 is 0 Å². The van der Waals surface area contributed by atoms with Crippen LogP contribution in [0, 0.1) is 0 Å². The maximum atomic E-state index is 13.1. The Balaban J connectivity index is 1.05. The third-order valence-electron chi connectivity index (χ3n) is 7.80. The molecule has 5 nitrogen and oxygen atoms in total. The molecule has 0 N–H and O–H groups in total. The lowest BCUT2D eigenvalue weighted by molar-refractivity contribution is 0.204. The molecule has 6 rings (SSSR count). The average molecular weight is 535 g/mol. The molecule has 1 aliphatic heterocycles. The first kappa shape index (κ1) is 25.5. The van der Waals surface area contributed by atoms with Crippen molar-refractivity contribution in [3.63, 3.8) is 0 Å². The molecule has 0 saturated carbocycles. The first-order valence-electron chi connectivity index (χ1n) is 13.6. The molecule has 5 aromatic rings. The van der Waals surface area contributed by atoms with E-state index in [4.69, 9.17) is 11.6 Å². The largest absolute Gasteiger partial charge is 0.299 e. The van der Waals surface area contributed by atoms with E-state index in [1.54, 1.807) is 0 Å². The van der Waals surface area contributed by atoms with Crippen LogP contribution >= 0.6 is 11.6 Å². The predicted octanol–water partition coefficient (Wildman–Crippen LogP) is 6.73. The van der Waals surface area contributed by atoms with Gasteiger partial charge < -0.3 is 0 Å². The standard InChI is InChI=1S/C33H31ClN4O/c34-30-13-10-27(11-14-30)29-12-15-31-32(22-29)35-36-38(33(31)39)21-16-24-6-8-25(9-7-24)23-37-19-17-28(18-20-37)26-4-2-1-3-5-26/h1-15,22,28H,16-21,23H2. The third-order valence-corrected chi connectivity index (χ3v) is 8.05. The van der Waals surface area contributed by atoms with Crippen molar-refractivity contribution in [2.75, 3.05) is 13.1 Å². The number of piperidine rings is 1. The maximum Gasteiger partial charge on any atom is 0.277 e. The van der Waals surface area contributed by atoms with Gasteiger partial charge in [0.15, 0.2) is 0 Å². The van der Waals surface area contributed by atoms with Crippen molar-refractivity contribution in [2.24, 2.45) is 0 Å². The summed E-state index contributed by atoms with van der Waals surface area (Å²) in [5.74, 6) is 0.678. The van der Waals surface area contributed by atoms with Gasteiger partial charge in [0.2, 0.25) is 0 Å². The highest BCUT2D eigenvalue weighted by Gasteiger charge is 2.20. The van der Waals surface area contributed by atoms with Crippen molar-refractivity contribution in [2.45, 2.75) is 38.3 Å². The molecule has 39 heavy (non-hydrogen) atoms. The zero-order chi connectivity index (χ0) is 26.6. The first-order valence-corrected chi connectivity index (χ1v) is 14.0. The zero-order valence-electron chi connectivity index (χ0n) is 21.8. The summed E-state index contributed by atoms with van der Waals surface area (Å²) in [5.41, 5.74) is 6.47. The van der Waals surface area contributed by atoms with Gasteiger partial charge in [0, 0.05) is 11.6 Å². The number of fused-ring (bicyclic) bond motifs is 1. The summed E-state index contributed by atoms with van der Waals surface area (Å²) in [6.07, 6.45) is 3.16. The average Bonchev–Trinajstić information content (AvgIpc) is 2.99. The monoisotopic (exact) mass is 534 g/mol. The van der Waals surface area contributed by atoms with E-state index >= 15 is 0 Å². The minimum atomic E-state index is -0.113. The number of halogens is 1. The molecule has 1 fully saturated rings. The molecular formula is C33H31ClN4O. The van der Waals surface area contributed by atoms with Crippen LogP contribution in [0.1, 0.15) is 35.4 Å². The van der Waals surface area contributed by atoms with Crippen molar-refractivity contribution in [3.8, 4) is 11.1 Å². The van der Waals surface area contributed by atoms with Gasteiger partial charge in [0.25, 0.3) is 5.56 Å². The van der Waals surface area contributed by atoms with E-state index in [-0.39, 0.29) is 5.56 Å². The smallest absolute Gasteiger partial charge is 0.277 e. The van der Waals surface area contributed by atoms with Gasteiger partial charge in [0.05, 0.1) is 11.9 Å². The summed E-state index contributed by atoms with van der Waals surface area (Å²) in [6.45, 7) is 3.74. The van der Waals surface area contributed by atoms with Crippen LogP contribution in [0.25, 0.3) is 22.0 Å². The number of hydrogen-bond donors (Lipinski definition) is 0. The molecule has 1 saturated heterocycles. The molecule has 0 bridgehead atoms. The fourth-order valence-corrected chi connectivity index (χ4v) is 5.63. The second kappa shape index (κ2) is 11.5. The highest BCUT2D eigenvalue weighted by Crippen LogP contribution is 2.28. The molecule has 4 aromatic carbocycles. The molecule has 0 amide bonds. The van der Waals surface area contributed by atoms with Crippen LogP contribution in [0.4, 0.5) is 0 Å². The summed E-state index contributed by atoms with van der Waals surface area (Å²) in [6, 6.07) is 33.0. The zero-order valence-corrected chi connectivity index (χ0v) is 22.6. The third kappa shape index (κ3) is 5.95. The molecule has 0 radical (unpaired) electrons. The minimum Gasteiger partial charge on any atom is -0.299 e. The molecule has 0 unspecified atom stereocenters. The second-order valence-electron chi connectivity index (χ2n) is 10.4. The summed E-state index contributed by atoms with van der Waals surface area (Å²) in [5, 5.41) is 9.83. The van der Waals surface area contributed by atoms with E-state index in [9.17, 15) is 4.79 Å². The molecule has 0 aliphatic carbocycles. The Morgan fingerprint density at radius 2 is 1.49 bits per heavy atom. The van der Waals surface area contributed by atoms with Crippen LogP contribution < -0.4 is 5.56 Å². The molecule has 2 heterocycles. The Morgan fingerprint density at radius 3 is 2.23 bits per heavy atom. The summed E-state index contributed by atoms with van der Waals surface area (Å²) < 4.78 is 1.47. The topological polar surface area (TPSA) is 51.0 Å². The number of rotatable bonds is 7. The highest BCUT2D eigenvalue weighted by atomic mass is 35.5. The molecule has 0 spiro atoms. The normalized spacial score (nSPS) is 14.6. The van der Waals surface area contributed by atoms with Crippen LogP contribution in [0.5, 0.6) is 0 Å². The van der Waals surface area contributed by atoms with Gasteiger partial charge in [-0.1, -0.05) is 89.6 Å². The summed E-state index contributed by atoms with van der Waals surface area (Å²) >= 11 is 6.01. The SMILES string of the molecule is O=c1c2ccc(-c3ccc(Cl)cc3)cc2nnn1CCc1ccc(CN2CCC(c3ccccc3)CC2)cc1. The van der Waals surface area contributed by atoms with Gasteiger partial charge in [0.1, 0.15) is 5.52 Å². The Labute approximate surface area is 233 Å². The number of likely N-dealkylation sites (tertiary alicyclic amines) is 1. The summed E-state index contributed by atoms with van der Waals surface area (Å²) in [4.78, 5) is 15.6. The Bertz CT molecular complexity index is 1610. The van der Waals surface area contributed by atoms with E-state index < -0.39 is 0 Å². The van der Waals surface area contributed by atoms with Gasteiger partial charge in [-0.25, -0.2) is 4.68 Å². The van der Waals surface area contributed by atoms with Crippen LogP contribution in [0.15, 0.2) is 102 Å². The van der Waals surface area contributed by atoms with E-state index in [0.29, 0.717) is 28.4 Å². The van der Waals surface area contributed by atoms with E-state index in [2.05, 4.69) is 69.8 Å². The Kier molecular flexibility index (Phi) is 7.53. The highest BCUT2D eigenvalue weighted by molar-refractivity contribution is 6.30. The first-order chi connectivity index (χ1) is 19.1. The number of aryl methyl sites for hydroxylation is 2. The van der Waals surface area contributed by atoms with Gasteiger partial charge in [-0.05, 0) is 90.4 Å². The van der Waals surface area contributed by atoms with Crippen molar-refractivity contribution < 1.29 is 0 Å². The lowest BCUT2D eigenvalue weighted by Crippen LogP contribution is -2.32. The van der Waals surface area contributed by atoms with Crippen molar-refractivity contribution in [1.82, 2.24) is 19.9 Å². The lowest BCUT2D eigenvalue weighted by Gasteiger charge is -2.32. The quantitative estimate of drug-likeness (QED) is 0.232. The van der Waals surface area contributed by atoms with Crippen molar-refractivity contribution in [3.05, 3.63) is 129 Å². The van der Waals surface area contributed by atoms with Gasteiger partial charge in [-0.2, -0.15) is 0 Å². The molecule has 1 aromatic heterocycles. The summed E-state index contributed by atoms with van der Waals surface area (Å²) in [7, 11) is 0. The molecule has 1 aliphatic rings. The second-order valence-corrected chi connectivity index (χ2v) is 10.8. The predicted molar refractivity (Wildman–Crippen MR) is 158 cm³/mol. The fraction of sp³-hybridized carbons (Fsp3) is 0.242. The molecule has 196 valence electrons. The number of nitrogens with zero attached hydrogens (tertiary/aromatic N) is 4. The van der Waals surface area contributed by atoms with E-state index in [1.165, 1.54) is 34.2 Å².